The number of benzene rings is 6. The van der Waals surface area contributed by atoms with Gasteiger partial charge in [-0.25, -0.2) is 0 Å². The first kappa shape index (κ1) is 21.8. The van der Waals surface area contributed by atoms with E-state index in [1.807, 2.05) is 27.7 Å². The van der Waals surface area contributed by atoms with Gasteiger partial charge >= 0.3 is 0 Å². The Morgan fingerprint density at radius 2 is 1.21 bits per heavy atom. The molecule has 0 bridgehead atoms. The Kier molecular flexibility index (Phi) is 4.78. The van der Waals surface area contributed by atoms with E-state index in [0.29, 0.717) is 24.0 Å². The van der Waals surface area contributed by atoms with Gasteiger partial charge in [0.1, 0.15) is 0 Å². The van der Waals surface area contributed by atoms with E-state index in [0.717, 1.165) is 11.3 Å². The first-order chi connectivity index (χ1) is 35.4. The number of hydrogen-bond donors (Lipinski definition) is 0. The van der Waals surface area contributed by atoms with Crippen LogP contribution in [0.2, 0.25) is 0 Å². The first-order valence-electron chi connectivity index (χ1n) is 29.2. The molecule has 0 N–H and O–H groups in total. The summed E-state index contributed by atoms with van der Waals surface area (Å²) in [7, 11) is 0. The number of rotatable bonds is 3. The van der Waals surface area contributed by atoms with Crippen molar-refractivity contribution in [3.05, 3.63) is 149 Å². The third kappa shape index (κ3) is 5.65. The maximum Gasteiger partial charge on any atom is 0.264 e. The van der Waals surface area contributed by atoms with Crippen molar-refractivity contribution in [2.75, 3.05) is 9.80 Å². The first-order valence-corrected chi connectivity index (χ1v) is 20.5. The molecule has 0 saturated carbocycles. The highest BCUT2D eigenvalue weighted by atomic mass is 32.1. The summed E-state index contributed by atoms with van der Waals surface area (Å²) in [5.41, 5.74) is -3.36. The van der Waals surface area contributed by atoms with Crippen LogP contribution in [0.4, 0.5) is 34.1 Å². The molecule has 2 aliphatic heterocycles. The summed E-state index contributed by atoms with van der Waals surface area (Å²) in [4.78, 5) is 2.80. The van der Waals surface area contributed by atoms with E-state index in [1.165, 1.54) is 21.9 Å². The van der Waals surface area contributed by atoms with Gasteiger partial charge in [-0.15, -0.1) is 11.3 Å². The quantitative estimate of drug-likeness (QED) is 0.164. The van der Waals surface area contributed by atoms with E-state index in [1.54, 1.807) is 41.5 Å². The smallest absolute Gasteiger partial charge is 0.264 e. The molecule has 1 aliphatic carbocycles. The molecule has 0 amide bonds. The normalized spacial score (nSPS) is 21.1. The highest BCUT2D eigenvalue weighted by Crippen LogP contribution is 2.52. The lowest BCUT2D eigenvalue weighted by molar-refractivity contribution is 0.332. The minimum absolute atomic E-state index is 0.0168. The average Bonchev–Trinajstić information content (AvgIpc) is 3.93. The fraction of sp³-hybridized carbons (Fsp3) is 0.296. The second-order valence-electron chi connectivity index (χ2n) is 19.0. The van der Waals surface area contributed by atoms with Crippen molar-refractivity contribution in [1.29, 1.82) is 0 Å². The van der Waals surface area contributed by atoms with Gasteiger partial charge in [0.15, 0.2) is 0 Å². The predicted molar refractivity (Wildman–Crippen MR) is 254 cm³/mol. The Morgan fingerprint density at radius 3 is 1.88 bits per heavy atom. The standard InChI is InChI=1S/C54H55BN2S/c1-51(2,3)35-23-26-37(27-24-35)56-44-20-16-21-45-48(44)55(50-49(56)38-19-14-15-22-47(38)58-50)42-32-40-41(54(9,10)30-29-53(40,7)8)33-46(42)57(45)43-28-25-36(52(4,5)6)31-39(43)34-17-12-11-13-18-34/h11-28,31-33H,29-30H2,1-10H3/i11D,12D,13D,14D,15D,16D,17D,18D,19D,22D,23D,24D,25D,26D,27D,28D,31D,32D,33D. The number of anilines is 6. The van der Waals surface area contributed by atoms with E-state index < -0.39 is 119 Å². The second-order valence-corrected chi connectivity index (χ2v) is 20.0. The Morgan fingerprint density at radius 1 is 0.603 bits per heavy atom. The van der Waals surface area contributed by atoms with Crippen LogP contribution in [-0.2, 0) is 21.7 Å². The molecule has 2 nitrogen and oxygen atoms in total. The molecular weight excluding hydrogens is 719 g/mol. The summed E-state index contributed by atoms with van der Waals surface area (Å²) in [6.07, 6.45) is 1.18. The Balaban J connectivity index is 1.52. The van der Waals surface area contributed by atoms with Crippen molar-refractivity contribution < 1.29 is 26.0 Å². The molecule has 0 unspecified atom stereocenters. The van der Waals surface area contributed by atoms with Crippen molar-refractivity contribution in [2.24, 2.45) is 0 Å². The zero-order valence-electron chi connectivity index (χ0n) is 53.4. The molecule has 1 aromatic heterocycles. The monoisotopic (exact) mass is 794 g/mol. The van der Waals surface area contributed by atoms with E-state index in [-0.39, 0.29) is 107 Å². The molecule has 7 aromatic rings. The molecule has 4 heteroatoms. The van der Waals surface area contributed by atoms with Gasteiger partial charge < -0.3 is 9.80 Å². The molecule has 0 radical (unpaired) electrons. The van der Waals surface area contributed by atoms with Crippen LogP contribution in [0.1, 0.15) is 130 Å². The Hall–Kier alpha value is -5.06. The van der Waals surface area contributed by atoms with Crippen LogP contribution < -0.4 is 25.5 Å². The molecular formula is C54H55BN2S. The van der Waals surface area contributed by atoms with Gasteiger partial charge in [-0.2, -0.15) is 0 Å². The molecule has 0 atom stereocenters. The topological polar surface area (TPSA) is 6.48 Å². The van der Waals surface area contributed by atoms with E-state index in [9.17, 15) is 19.2 Å². The second kappa shape index (κ2) is 12.7. The summed E-state index contributed by atoms with van der Waals surface area (Å²) >= 11 is 0.981. The molecule has 3 aliphatic rings. The Labute approximate surface area is 377 Å². The summed E-state index contributed by atoms with van der Waals surface area (Å²) in [6.45, 7) is 17.2. The van der Waals surface area contributed by atoms with Crippen LogP contribution in [-0.4, -0.2) is 6.71 Å². The van der Waals surface area contributed by atoms with Crippen molar-refractivity contribution >= 4 is 78.0 Å². The summed E-state index contributed by atoms with van der Waals surface area (Å²) < 4.78 is 182. The van der Waals surface area contributed by atoms with Crippen molar-refractivity contribution in [3.63, 3.8) is 0 Å². The van der Waals surface area contributed by atoms with Gasteiger partial charge in [0.05, 0.1) is 37.4 Å². The molecule has 0 saturated heterocycles. The third-order valence-corrected chi connectivity index (χ3v) is 13.1. The maximum atomic E-state index is 10.7. The zero-order chi connectivity index (χ0) is 57.1. The van der Waals surface area contributed by atoms with Gasteiger partial charge in [-0.1, -0.05) is 148 Å². The summed E-state index contributed by atoms with van der Waals surface area (Å²) in [5.74, 6) is 0. The lowest BCUT2D eigenvalue weighted by Crippen LogP contribution is -2.61. The molecule has 290 valence electrons. The SMILES string of the molecule is [2H]c1cc2c3c(c1)N(c1c([2H])c([2H])c(C(C)(C)C)c([2H])c1[2H])c1c(sc4c([2H])c([2H])c([2H])c([2H])c14)B3c1c([2H])c3c(c([2H])c1N2c1c([2H])c([2H])c(C(C)(C)C)c([2H])c1-c1c([2H])c([2H])c([2H])c([2H])c1[2H])C(C)(C)CCC3(C)C. The summed E-state index contributed by atoms with van der Waals surface area (Å²) in [5, 5.41) is -0.0243. The number of nitrogens with zero attached hydrogens (tertiary/aromatic N) is 2. The van der Waals surface area contributed by atoms with Crippen LogP contribution in [0, 0.1) is 0 Å². The lowest BCUT2D eigenvalue weighted by Gasteiger charge is -2.47. The molecule has 10 rings (SSSR count). The largest absolute Gasteiger partial charge is 0.311 e. The van der Waals surface area contributed by atoms with Gasteiger partial charge in [0, 0.05) is 43.2 Å². The summed E-state index contributed by atoms with van der Waals surface area (Å²) in [6, 6.07) is -6.40. The maximum absolute atomic E-state index is 10.7. The Bertz CT molecular complexity index is 3810. The minimum atomic E-state index is -1.19. The highest BCUT2D eigenvalue weighted by Gasteiger charge is 2.48. The van der Waals surface area contributed by atoms with Crippen LogP contribution >= 0.6 is 11.3 Å². The van der Waals surface area contributed by atoms with Gasteiger partial charge in [0.2, 0.25) is 0 Å². The lowest BCUT2D eigenvalue weighted by atomic mass is 9.35. The van der Waals surface area contributed by atoms with E-state index in [4.69, 9.17) is 6.85 Å². The van der Waals surface area contributed by atoms with Crippen LogP contribution in [0.15, 0.2) is 127 Å². The van der Waals surface area contributed by atoms with E-state index in [2.05, 4.69) is 0 Å². The van der Waals surface area contributed by atoms with Crippen LogP contribution in [0.25, 0.3) is 21.2 Å². The minimum Gasteiger partial charge on any atom is -0.311 e. The molecule has 58 heavy (non-hydrogen) atoms. The molecule has 6 aromatic carbocycles. The van der Waals surface area contributed by atoms with Crippen LogP contribution in [0.3, 0.4) is 0 Å². The van der Waals surface area contributed by atoms with Gasteiger partial charge in [-0.3, -0.25) is 0 Å². The number of thiophene rings is 1. The number of hydrogen-bond acceptors (Lipinski definition) is 3. The molecule has 0 spiro atoms. The van der Waals surface area contributed by atoms with Crippen molar-refractivity contribution in [3.8, 4) is 11.1 Å². The van der Waals surface area contributed by atoms with E-state index >= 15 is 0 Å². The molecule has 3 heterocycles. The van der Waals surface area contributed by atoms with Crippen molar-refractivity contribution in [2.45, 2.75) is 104 Å². The van der Waals surface area contributed by atoms with Crippen LogP contribution in [0.5, 0.6) is 0 Å². The van der Waals surface area contributed by atoms with Crippen molar-refractivity contribution in [1.82, 2.24) is 0 Å². The van der Waals surface area contributed by atoms with Gasteiger partial charge in [0.25, 0.3) is 6.71 Å². The fourth-order valence-electron chi connectivity index (χ4n) is 8.58. The zero-order valence-corrected chi connectivity index (χ0v) is 35.3. The van der Waals surface area contributed by atoms with Gasteiger partial charge in [-0.05, 0) is 122 Å². The fourth-order valence-corrected chi connectivity index (χ4v) is 9.79. The number of fused-ring (bicyclic) bond motifs is 7. The average molecular weight is 794 g/mol. The third-order valence-electron chi connectivity index (χ3n) is 11.9. The predicted octanol–water partition coefficient (Wildman–Crippen LogP) is 13.6. The highest BCUT2D eigenvalue weighted by molar-refractivity contribution is 7.33. The molecule has 0 fully saturated rings.